The SMILES string of the molecule is CC(C)(C)C(=O)CSC(=S)OCCCCCO. The molecule has 0 spiro atoms. The third-order valence-corrected chi connectivity index (χ3v) is 3.41. The molecule has 17 heavy (non-hydrogen) atoms. The van der Waals surface area contributed by atoms with E-state index in [-0.39, 0.29) is 17.8 Å². The average Bonchev–Trinajstić information content (AvgIpc) is 2.24. The van der Waals surface area contributed by atoms with Gasteiger partial charge < -0.3 is 9.84 Å². The molecule has 0 aromatic rings. The first-order valence-corrected chi connectivity index (χ1v) is 7.21. The summed E-state index contributed by atoms with van der Waals surface area (Å²) in [7, 11) is 0. The number of Topliss-reactive ketones (excluding diaryl/α,β-unsaturated/α-hetero) is 1. The topological polar surface area (TPSA) is 46.5 Å². The van der Waals surface area contributed by atoms with E-state index >= 15 is 0 Å². The summed E-state index contributed by atoms with van der Waals surface area (Å²) in [6.07, 6.45) is 2.62. The van der Waals surface area contributed by atoms with Crippen molar-refractivity contribution in [3.8, 4) is 0 Å². The molecule has 0 radical (unpaired) electrons. The minimum atomic E-state index is -0.316. The van der Waals surface area contributed by atoms with Crippen LogP contribution in [0.5, 0.6) is 0 Å². The van der Waals surface area contributed by atoms with Gasteiger partial charge in [-0.25, -0.2) is 0 Å². The van der Waals surface area contributed by atoms with Gasteiger partial charge in [0.1, 0.15) is 5.78 Å². The maximum absolute atomic E-state index is 11.6. The number of rotatable bonds is 7. The van der Waals surface area contributed by atoms with Crippen LogP contribution in [0.3, 0.4) is 0 Å². The molecule has 0 aromatic heterocycles. The van der Waals surface area contributed by atoms with Crippen LogP contribution in [-0.4, -0.2) is 34.2 Å². The minimum Gasteiger partial charge on any atom is -0.479 e. The Hall–Kier alpha value is -0.130. The van der Waals surface area contributed by atoms with E-state index in [0.717, 1.165) is 19.3 Å². The summed E-state index contributed by atoms with van der Waals surface area (Å²) in [5.74, 6) is 0.549. The average molecular weight is 278 g/mol. The number of carbonyl (C=O) groups is 1. The van der Waals surface area contributed by atoms with Crippen molar-refractivity contribution in [1.29, 1.82) is 0 Å². The van der Waals surface area contributed by atoms with Gasteiger partial charge in [0, 0.05) is 12.0 Å². The summed E-state index contributed by atoms with van der Waals surface area (Å²) < 4.78 is 5.75. The minimum absolute atomic E-state index is 0.175. The molecule has 5 heteroatoms. The van der Waals surface area contributed by atoms with E-state index in [1.807, 2.05) is 20.8 Å². The fourth-order valence-corrected chi connectivity index (χ4v) is 2.04. The number of thiocarbonyl (C=S) groups is 1. The fraction of sp³-hybridized carbons (Fsp3) is 0.833. The van der Waals surface area contributed by atoms with Crippen LogP contribution in [0.15, 0.2) is 0 Å². The molecule has 1 N–H and O–H groups in total. The zero-order valence-electron chi connectivity index (χ0n) is 10.8. The maximum atomic E-state index is 11.6. The first kappa shape index (κ1) is 16.9. The number of thioether (sulfide) groups is 1. The van der Waals surface area contributed by atoms with E-state index in [4.69, 9.17) is 22.1 Å². The van der Waals surface area contributed by atoms with Crippen LogP contribution < -0.4 is 0 Å². The lowest BCUT2D eigenvalue weighted by Gasteiger charge is -2.16. The molecule has 0 aliphatic rings. The van der Waals surface area contributed by atoms with Crippen molar-refractivity contribution in [2.24, 2.45) is 5.41 Å². The maximum Gasteiger partial charge on any atom is 0.220 e. The van der Waals surface area contributed by atoms with E-state index in [9.17, 15) is 4.79 Å². The monoisotopic (exact) mass is 278 g/mol. The van der Waals surface area contributed by atoms with Crippen LogP contribution in [0.1, 0.15) is 40.0 Å². The van der Waals surface area contributed by atoms with Crippen LogP contribution >= 0.6 is 24.0 Å². The van der Waals surface area contributed by atoms with Crippen molar-refractivity contribution in [1.82, 2.24) is 0 Å². The summed E-state index contributed by atoms with van der Waals surface area (Å²) in [6, 6.07) is 0. The molecule has 3 nitrogen and oxygen atoms in total. The summed E-state index contributed by atoms with van der Waals surface area (Å²) in [5, 5.41) is 8.59. The molecule has 0 saturated carbocycles. The standard InChI is InChI=1S/C12H22O3S2/c1-12(2,3)10(14)9-17-11(16)15-8-6-4-5-7-13/h13H,4-9H2,1-3H3. The van der Waals surface area contributed by atoms with Gasteiger partial charge in [-0.1, -0.05) is 32.5 Å². The highest BCUT2D eigenvalue weighted by molar-refractivity contribution is 8.23. The van der Waals surface area contributed by atoms with E-state index in [1.165, 1.54) is 11.8 Å². The van der Waals surface area contributed by atoms with Gasteiger partial charge in [0.2, 0.25) is 4.38 Å². The molecule has 0 heterocycles. The van der Waals surface area contributed by atoms with E-state index in [2.05, 4.69) is 0 Å². The normalized spacial score (nSPS) is 11.3. The molecule has 0 unspecified atom stereocenters. The van der Waals surface area contributed by atoms with Gasteiger partial charge >= 0.3 is 0 Å². The fourth-order valence-electron chi connectivity index (χ4n) is 0.929. The summed E-state index contributed by atoms with van der Waals surface area (Å²) >= 11 is 6.30. The van der Waals surface area contributed by atoms with Gasteiger partial charge in [-0.05, 0) is 31.5 Å². The van der Waals surface area contributed by atoms with Gasteiger partial charge in [-0.2, -0.15) is 0 Å². The Balaban J connectivity index is 3.57. The molecule has 0 atom stereocenters. The highest BCUT2D eigenvalue weighted by Gasteiger charge is 2.21. The van der Waals surface area contributed by atoms with Crippen molar-refractivity contribution in [2.75, 3.05) is 19.0 Å². The molecule has 0 aliphatic carbocycles. The predicted octanol–water partition coefficient (Wildman–Crippen LogP) is 2.80. The van der Waals surface area contributed by atoms with Gasteiger partial charge in [0.25, 0.3) is 0 Å². The second-order valence-electron chi connectivity index (χ2n) is 4.84. The lowest BCUT2D eigenvalue weighted by molar-refractivity contribution is -0.123. The van der Waals surface area contributed by atoms with Crippen LogP contribution in [0.2, 0.25) is 0 Å². The summed E-state index contributed by atoms with van der Waals surface area (Å²) in [6.45, 7) is 6.48. The van der Waals surface area contributed by atoms with Crippen LogP contribution in [-0.2, 0) is 9.53 Å². The molecule has 0 aromatic carbocycles. The van der Waals surface area contributed by atoms with Gasteiger partial charge in [-0.15, -0.1) is 0 Å². The molecular weight excluding hydrogens is 256 g/mol. The lowest BCUT2D eigenvalue weighted by Crippen LogP contribution is -2.22. The quantitative estimate of drug-likeness (QED) is 0.573. The highest BCUT2D eigenvalue weighted by Crippen LogP contribution is 2.18. The Morgan fingerprint density at radius 1 is 1.29 bits per heavy atom. The Bertz CT molecular complexity index is 247. The first-order chi connectivity index (χ1) is 7.88. The van der Waals surface area contributed by atoms with Crippen LogP contribution in [0, 0.1) is 5.41 Å². The highest BCUT2D eigenvalue weighted by atomic mass is 32.2. The third kappa shape index (κ3) is 9.56. The molecule has 0 amide bonds. The van der Waals surface area contributed by atoms with Crippen LogP contribution in [0.25, 0.3) is 0 Å². The van der Waals surface area contributed by atoms with Crippen molar-refractivity contribution in [3.63, 3.8) is 0 Å². The molecular formula is C12H22O3S2. The zero-order chi connectivity index (χ0) is 13.3. The molecule has 100 valence electrons. The number of ether oxygens (including phenoxy) is 1. The van der Waals surface area contributed by atoms with Crippen molar-refractivity contribution in [2.45, 2.75) is 40.0 Å². The summed E-state index contributed by atoms with van der Waals surface area (Å²) in [5.41, 5.74) is -0.316. The number of carbonyl (C=O) groups excluding carboxylic acids is 1. The zero-order valence-corrected chi connectivity index (χ0v) is 12.5. The molecule has 0 saturated heterocycles. The number of hydrogen-bond donors (Lipinski definition) is 1. The molecule has 0 fully saturated rings. The molecule has 0 bridgehead atoms. The Morgan fingerprint density at radius 2 is 1.94 bits per heavy atom. The van der Waals surface area contributed by atoms with Gasteiger partial charge in [0.15, 0.2) is 0 Å². The number of aliphatic hydroxyl groups is 1. The van der Waals surface area contributed by atoms with Crippen LogP contribution in [0.4, 0.5) is 0 Å². The third-order valence-electron chi connectivity index (χ3n) is 2.18. The Kier molecular flexibility index (Phi) is 8.82. The van der Waals surface area contributed by atoms with Crippen molar-refractivity contribution in [3.05, 3.63) is 0 Å². The molecule has 0 rings (SSSR count). The predicted molar refractivity (Wildman–Crippen MR) is 76.4 cm³/mol. The van der Waals surface area contributed by atoms with E-state index in [1.54, 1.807) is 0 Å². The number of hydrogen-bond acceptors (Lipinski definition) is 5. The largest absolute Gasteiger partial charge is 0.479 e. The van der Waals surface area contributed by atoms with Crippen molar-refractivity contribution < 1.29 is 14.6 Å². The first-order valence-electron chi connectivity index (χ1n) is 5.81. The van der Waals surface area contributed by atoms with E-state index < -0.39 is 0 Å². The number of aliphatic hydroxyl groups excluding tert-OH is 1. The Morgan fingerprint density at radius 3 is 2.47 bits per heavy atom. The van der Waals surface area contributed by atoms with Gasteiger partial charge in [-0.3, -0.25) is 4.79 Å². The smallest absolute Gasteiger partial charge is 0.220 e. The number of unbranched alkanes of at least 4 members (excludes halogenated alkanes) is 2. The molecule has 0 aliphatic heterocycles. The van der Waals surface area contributed by atoms with Gasteiger partial charge in [0.05, 0.1) is 12.4 Å². The van der Waals surface area contributed by atoms with Crippen molar-refractivity contribution >= 4 is 34.1 Å². The summed E-state index contributed by atoms with van der Waals surface area (Å²) in [4.78, 5) is 11.6. The number of ketones is 1. The Labute approximate surface area is 113 Å². The second kappa shape index (κ2) is 8.89. The second-order valence-corrected chi connectivity index (χ2v) is 6.42. The van der Waals surface area contributed by atoms with E-state index in [0.29, 0.717) is 16.7 Å². The lowest BCUT2D eigenvalue weighted by atomic mass is 9.92.